The van der Waals surface area contributed by atoms with E-state index in [1.165, 1.54) is 42.6 Å². The highest BCUT2D eigenvalue weighted by molar-refractivity contribution is 5.58. The highest BCUT2D eigenvalue weighted by Gasteiger charge is 2.33. The molecule has 0 spiro atoms. The van der Waals surface area contributed by atoms with Crippen LogP contribution in [0, 0.1) is 17.8 Å². The molecule has 212 valence electrons. The molecule has 4 rings (SSSR count). The van der Waals surface area contributed by atoms with E-state index in [4.69, 9.17) is 5.73 Å². The molecular formula is C28H27F6N5O. The SMILES string of the molecule is N[C@H]1CC[C@H](CNc2nc(NCc3ccccc3OC(F)(F)F)ncc2C#Cc2ccccc2C(F)(F)F)CC1. The van der Waals surface area contributed by atoms with Crippen molar-refractivity contribution < 1.29 is 31.1 Å². The van der Waals surface area contributed by atoms with Crippen LogP contribution in [-0.4, -0.2) is 28.9 Å². The standard InChI is InChI=1S/C28H27F6N5O/c29-27(30,31)23-7-3-1-5-19(23)11-12-21-17-38-26(39-25(21)36-15-18-9-13-22(35)14-10-18)37-16-20-6-2-4-8-24(20)40-28(32,33)34/h1-8,17-18,22H,9-10,13-16,35H2,(H2,36,37,38,39)/t18-,22-. The number of rotatable bonds is 7. The van der Waals surface area contributed by atoms with Gasteiger partial charge in [-0.05, 0) is 49.8 Å². The van der Waals surface area contributed by atoms with Crippen molar-refractivity contribution in [2.45, 2.75) is 50.8 Å². The molecule has 1 fully saturated rings. The summed E-state index contributed by atoms with van der Waals surface area (Å²) >= 11 is 0. The number of alkyl halides is 6. The van der Waals surface area contributed by atoms with Gasteiger partial charge in [0.05, 0.1) is 17.3 Å². The van der Waals surface area contributed by atoms with Crippen molar-refractivity contribution in [1.29, 1.82) is 0 Å². The Hall–Kier alpha value is -3.98. The van der Waals surface area contributed by atoms with E-state index in [2.05, 4.69) is 37.2 Å². The minimum Gasteiger partial charge on any atom is -0.405 e. The van der Waals surface area contributed by atoms with Gasteiger partial charge in [-0.15, -0.1) is 13.2 Å². The average molecular weight is 564 g/mol. The van der Waals surface area contributed by atoms with Crippen LogP contribution in [0.1, 0.15) is 47.9 Å². The quantitative estimate of drug-likeness (QED) is 0.230. The molecule has 0 radical (unpaired) electrons. The van der Waals surface area contributed by atoms with Crippen LogP contribution in [0.3, 0.4) is 0 Å². The molecule has 1 aromatic heterocycles. The van der Waals surface area contributed by atoms with E-state index < -0.39 is 18.1 Å². The fourth-order valence-corrected chi connectivity index (χ4v) is 4.35. The fraction of sp³-hybridized carbons (Fsp3) is 0.357. The van der Waals surface area contributed by atoms with Gasteiger partial charge in [0, 0.05) is 30.3 Å². The van der Waals surface area contributed by atoms with Gasteiger partial charge < -0.3 is 21.1 Å². The van der Waals surface area contributed by atoms with Crippen LogP contribution in [0.25, 0.3) is 0 Å². The van der Waals surface area contributed by atoms with Crippen LogP contribution in [0.2, 0.25) is 0 Å². The molecule has 0 aliphatic heterocycles. The third-order valence-electron chi connectivity index (χ3n) is 6.44. The van der Waals surface area contributed by atoms with E-state index in [9.17, 15) is 26.3 Å². The summed E-state index contributed by atoms with van der Waals surface area (Å²) in [5, 5.41) is 6.11. The maximum Gasteiger partial charge on any atom is 0.573 e. The number of benzene rings is 2. The van der Waals surface area contributed by atoms with E-state index in [1.807, 2.05) is 0 Å². The van der Waals surface area contributed by atoms with Gasteiger partial charge in [-0.3, -0.25) is 0 Å². The maximum atomic E-state index is 13.4. The monoisotopic (exact) mass is 563 g/mol. The summed E-state index contributed by atoms with van der Waals surface area (Å²) in [5.74, 6) is 5.67. The first kappa shape index (κ1) is 29.0. The number of hydrogen-bond acceptors (Lipinski definition) is 6. The van der Waals surface area contributed by atoms with Crippen molar-refractivity contribution in [3.8, 4) is 17.6 Å². The fourth-order valence-electron chi connectivity index (χ4n) is 4.35. The largest absolute Gasteiger partial charge is 0.573 e. The predicted octanol–water partition coefficient (Wildman–Crippen LogP) is 6.34. The Morgan fingerprint density at radius 3 is 2.27 bits per heavy atom. The molecule has 0 saturated heterocycles. The van der Waals surface area contributed by atoms with Gasteiger partial charge in [-0.2, -0.15) is 18.2 Å². The lowest BCUT2D eigenvalue weighted by molar-refractivity contribution is -0.274. The Morgan fingerprint density at radius 1 is 0.875 bits per heavy atom. The third kappa shape index (κ3) is 8.26. The predicted molar refractivity (Wildman–Crippen MR) is 138 cm³/mol. The Kier molecular flexibility index (Phi) is 9.04. The molecule has 0 atom stereocenters. The number of nitrogens with two attached hydrogens (primary N) is 1. The molecule has 1 saturated carbocycles. The first-order chi connectivity index (χ1) is 19.0. The van der Waals surface area contributed by atoms with Crippen molar-refractivity contribution in [1.82, 2.24) is 9.97 Å². The lowest BCUT2D eigenvalue weighted by Gasteiger charge is -2.26. The number of halogens is 6. The van der Waals surface area contributed by atoms with E-state index in [-0.39, 0.29) is 41.0 Å². The van der Waals surface area contributed by atoms with Crippen LogP contribution >= 0.6 is 0 Å². The number of para-hydroxylation sites is 1. The highest BCUT2D eigenvalue weighted by atomic mass is 19.4. The Balaban J connectivity index is 1.57. The van der Waals surface area contributed by atoms with Crippen LogP contribution in [0.4, 0.5) is 38.1 Å². The molecule has 12 heteroatoms. The van der Waals surface area contributed by atoms with Gasteiger partial charge >= 0.3 is 12.5 Å². The summed E-state index contributed by atoms with van der Waals surface area (Å²) in [5.41, 5.74) is 5.45. The van der Waals surface area contributed by atoms with E-state index >= 15 is 0 Å². The minimum atomic E-state index is -4.85. The molecule has 4 N–H and O–H groups in total. The first-order valence-electron chi connectivity index (χ1n) is 12.6. The second-order valence-corrected chi connectivity index (χ2v) is 9.42. The van der Waals surface area contributed by atoms with E-state index in [0.29, 0.717) is 18.3 Å². The van der Waals surface area contributed by atoms with E-state index in [1.54, 1.807) is 6.07 Å². The third-order valence-corrected chi connectivity index (χ3v) is 6.44. The number of nitrogens with one attached hydrogen (secondary N) is 2. The van der Waals surface area contributed by atoms with Crippen molar-refractivity contribution in [2.24, 2.45) is 11.7 Å². The summed E-state index contributed by atoms with van der Waals surface area (Å²) in [7, 11) is 0. The molecule has 40 heavy (non-hydrogen) atoms. The summed E-state index contributed by atoms with van der Waals surface area (Å²) in [4.78, 5) is 8.61. The molecule has 1 heterocycles. The van der Waals surface area contributed by atoms with Crippen LogP contribution < -0.4 is 21.1 Å². The van der Waals surface area contributed by atoms with Crippen LogP contribution in [-0.2, 0) is 12.7 Å². The summed E-state index contributed by atoms with van der Waals surface area (Å²) in [6.07, 6.45) is -4.44. The zero-order chi connectivity index (χ0) is 28.8. The number of hydrogen-bond donors (Lipinski definition) is 3. The van der Waals surface area contributed by atoms with Gasteiger partial charge in [-0.1, -0.05) is 42.2 Å². The average Bonchev–Trinajstić information content (AvgIpc) is 2.90. The van der Waals surface area contributed by atoms with Gasteiger partial charge in [-0.25, -0.2) is 4.98 Å². The van der Waals surface area contributed by atoms with Gasteiger partial charge in [0.25, 0.3) is 0 Å². The molecule has 0 unspecified atom stereocenters. The number of nitrogens with zero attached hydrogens (tertiary/aromatic N) is 2. The molecule has 3 aromatic rings. The van der Waals surface area contributed by atoms with Crippen molar-refractivity contribution >= 4 is 11.8 Å². The Labute approximate surface area is 227 Å². The summed E-state index contributed by atoms with van der Waals surface area (Å²) in [6.45, 7) is 0.468. The molecule has 0 amide bonds. The highest BCUT2D eigenvalue weighted by Crippen LogP contribution is 2.32. The zero-order valence-corrected chi connectivity index (χ0v) is 21.2. The lowest BCUT2D eigenvalue weighted by atomic mass is 9.86. The molecule has 2 aromatic carbocycles. The normalized spacial score (nSPS) is 17.5. The first-order valence-corrected chi connectivity index (χ1v) is 12.6. The molecular weight excluding hydrogens is 536 g/mol. The number of anilines is 2. The zero-order valence-electron chi connectivity index (χ0n) is 21.2. The van der Waals surface area contributed by atoms with Crippen LogP contribution in [0.15, 0.2) is 54.7 Å². The number of aromatic nitrogens is 2. The second-order valence-electron chi connectivity index (χ2n) is 9.42. The van der Waals surface area contributed by atoms with Crippen molar-refractivity contribution in [2.75, 3.05) is 17.2 Å². The van der Waals surface area contributed by atoms with Gasteiger partial charge in [0.2, 0.25) is 5.95 Å². The summed E-state index contributed by atoms with van der Waals surface area (Å²) in [6, 6.07) is 10.8. The van der Waals surface area contributed by atoms with Crippen molar-refractivity contribution in [3.05, 3.63) is 77.0 Å². The molecule has 1 aliphatic rings. The Bertz CT molecular complexity index is 1360. The topological polar surface area (TPSA) is 85.1 Å². The smallest absolute Gasteiger partial charge is 0.405 e. The molecule has 0 bridgehead atoms. The minimum absolute atomic E-state index is 0.0732. The molecule has 6 nitrogen and oxygen atoms in total. The van der Waals surface area contributed by atoms with Crippen molar-refractivity contribution in [3.63, 3.8) is 0 Å². The maximum absolute atomic E-state index is 13.4. The number of ether oxygens (including phenoxy) is 1. The Morgan fingerprint density at radius 2 is 1.55 bits per heavy atom. The second kappa shape index (κ2) is 12.5. The van der Waals surface area contributed by atoms with Crippen LogP contribution in [0.5, 0.6) is 5.75 Å². The summed E-state index contributed by atoms with van der Waals surface area (Å²) < 4.78 is 82.6. The van der Waals surface area contributed by atoms with E-state index in [0.717, 1.165) is 31.7 Å². The lowest BCUT2D eigenvalue weighted by Crippen LogP contribution is -2.29. The van der Waals surface area contributed by atoms with Gasteiger partial charge in [0.1, 0.15) is 11.6 Å². The van der Waals surface area contributed by atoms with Gasteiger partial charge in [0.15, 0.2) is 0 Å². The molecule has 1 aliphatic carbocycles.